The Hall–Kier alpha value is -2.39. The van der Waals surface area contributed by atoms with Crippen LogP contribution in [0.5, 0.6) is 0 Å². The first kappa shape index (κ1) is 19.9. The quantitative estimate of drug-likeness (QED) is 0.686. The molecule has 2 aromatic rings. The number of thiazole rings is 1. The van der Waals surface area contributed by atoms with Crippen LogP contribution in [0, 0.1) is 18.6 Å². The van der Waals surface area contributed by atoms with E-state index in [0.29, 0.717) is 24.0 Å². The fourth-order valence-electron chi connectivity index (χ4n) is 2.30. The van der Waals surface area contributed by atoms with Crippen molar-refractivity contribution in [2.45, 2.75) is 38.8 Å². The van der Waals surface area contributed by atoms with Crippen LogP contribution in [-0.2, 0) is 9.59 Å². The van der Waals surface area contributed by atoms with Gasteiger partial charge >= 0.3 is 0 Å². The molecule has 1 heterocycles. The van der Waals surface area contributed by atoms with Crippen molar-refractivity contribution in [3.8, 4) is 0 Å². The minimum absolute atomic E-state index is 0.230. The minimum Gasteiger partial charge on any atom is -0.378 e. The van der Waals surface area contributed by atoms with Crippen LogP contribution in [0.3, 0.4) is 0 Å². The van der Waals surface area contributed by atoms with Gasteiger partial charge in [-0.05, 0) is 31.0 Å². The van der Waals surface area contributed by atoms with E-state index < -0.39 is 35.6 Å². The van der Waals surface area contributed by atoms with Crippen LogP contribution in [0.2, 0.25) is 0 Å². The van der Waals surface area contributed by atoms with Crippen molar-refractivity contribution in [3.05, 3.63) is 46.5 Å². The largest absolute Gasteiger partial charge is 0.378 e. The molecule has 0 spiro atoms. The van der Waals surface area contributed by atoms with Gasteiger partial charge in [-0.25, -0.2) is 13.8 Å². The van der Waals surface area contributed by atoms with Crippen molar-refractivity contribution < 1.29 is 23.5 Å². The molecule has 0 fully saturated rings. The van der Waals surface area contributed by atoms with Gasteiger partial charge in [0.1, 0.15) is 17.7 Å². The van der Waals surface area contributed by atoms with Gasteiger partial charge in [-0.15, -0.1) is 11.3 Å². The molecule has 3 N–H and O–H groups in total. The normalized spacial score (nSPS) is 13.1. The third-order valence-electron chi connectivity index (χ3n) is 3.51. The fraction of sp³-hybridized carbons (Fsp3) is 0.353. The maximum absolute atomic E-state index is 13.3. The van der Waals surface area contributed by atoms with Crippen molar-refractivity contribution in [3.63, 3.8) is 0 Å². The van der Waals surface area contributed by atoms with E-state index in [9.17, 15) is 23.5 Å². The highest BCUT2D eigenvalue weighted by molar-refractivity contribution is 7.15. The number of halogens is 2. The Kier molecular flexibility index (Phi) is 6.76. The molecular weight excluding hydrogens is 364 g/mol. The number of aliphatic hydroxyl groups is 1. The van der Waals surface area contributed by atoms with Gasteiger partial charge in [0.15, 0.2) is 11.2 Å². The van der Waals surface area contributed by atoms with E-state index >= 15 is 0 Å². The monoisotopic (exact) mass is 383 g/mol. The second-order valence-electron chi connectivity index (χ2n) is 5.72. The van der Waals surface area contributed by atoms with Gasteiger partial charge in [0.2, 0.25) is 5.91 Å². The highest BCUT2D eigenvalue weighted by atomic mass is 32.1. The highest BCUT2D eigenvalue weighted by Gasteiger charge is 2.26. The molecule has 0 aliphatic carbocycles. The summed E-state index contributed by atoms with van der Waals surface area (Å²) in [6.07, 6.45) is 0.733. The van der Waals surface area contributed by atoms with Crippen LogP contribution in [0.4, 0.5) is 13.9 Å². The number of amides is 2. The third-order valence-corrected chi connectivity index (χ3v) is 4.34. The van der Waals surface area contributed by atoms with Crippen LogP contribution >= 0.6 is 11.3 Å². The van der Waals surface area contributed by atoms with Crippen molar-refractivity contribution >= 4 is 28.3 Å². The summed E-state index contributed by atoms with van der Waals surface area (Å²) in [6.45, 7) is 3.67. The van der Waals surface area contributed by atoms with Gasteiger partial charge in [-0.1, -0.05) is 13.3 Å². The molecule has 1 unspecified atom stereocenters. The van der Waals surface area contributed by atoms with Gasteiger partial charge in [0.25, 0.3) is 5.91 Å². The number of benzene rings is 1. The van der Waals surface area contributed by atoms with Crippen molar-refractivity contribution in [1.82, 2.24) is 10.3 Å². The smallest absolute Gasteiger partial charge is 0.254 e. The van der Waals surface area contributed by atoms with Crippen LogP contribution in [0.1, 0.15) is 36.3 Å². The Labute approximate surface area is 153 Å². The van der Waals surface area contributed by atoms with Crippen molar-refractivity contribution in [1.29, 1.82) is 0 Å². The molecule has 2 rings (SSSR count). The first-order valence-corrected chi connectivity index (χ1v) is 8.79. The number of hydrogen-bond acceptors (Lipinski definition) is 5. The summed E-state index contributed by atoms with van der Waals surface area (Å²) in [6, 6.07) is 1.45. The predicted octanol–water partition coefficient (Wildman–Crippen LogP) is 2.69. The molecule has 0 bridgehead atoms. The molecule has 0 aliphatic heterocycles. The maximum Gasteiger partial charge on any atom is 0.254 e. The highest BCUT2D eigenvalue weighted by Crippen LogP contribution is 2.19. The van der Waals surface area contributed by atoms with E-state index in [-0.39, 0.29) is 5.56 Å². The number of aryl methyl sites for hydroxylation is 1. The molecule has 26 heavy (non-hydrogen) atoms. The van der Waals surface area contributed by atoms with Crippen LogP contribution in [-0.4, -0.2) is 27.9 Å². The summed E-state index contributed by atoms with van der Waals surface area (Å²) in [4.78, 5) is 29.5. The molecule has 0 saturated carbocycles. The predicted molar refractivity (Wildman–Crippen MR) is 93.6 cm³/mol. The summed E-state index contributed by atoms with van der Waals surface area (Å²) >= 11 is 1.29. The second kappa shape index (κ2) is 8.81. The zero-order chi connectivity index (χ0) is 19.3. The van der Waals surface area contributed by atoms with E-state index in [1.807, 2.05) is 13.8 Å². The Morgan fingerprint density at radius 2 is 1.88 bits per heavy atom. The molecule has 1 aromatic heterocycles. The number of aromatic nitrogens is 1. The third kappa shape index (κ3) is 5.30. The molecular formula is C17H19F2N3O3S. The first-order chi connectivity index (χ1) is 12.3. The van der Waals surface area contributed by atoms with E-state index in [0.717, 1.165) is 17.0 Å². The lowest BCUT2D eigenvalue weighted by atomic mass is 10.1. The number of anilines is 1. The number of rotatable bonds is 7. The van der Waals surface area contributed by atoms with Gasteiger partial charge in [-0.2, -0.15) is 0 Å². The molecule has 9 heteroatoms. The fourth-order valence-corrected chi connectivity index (χ4v) is 2.96. The summed E-state index contributed by atoms with van der Waals surface area (Å²) in [7, 11) is 0. The number of nitrogens with one attached hydrogen (secondary N) is 2. The van der Waals surface area contributed by atoms with Gasteiger partial charge in [-0.3, -0.25) is 9.59 Å². The minimum atomic E-state index is -1.80. The number of aliphatic hydroxyl groups excluding tert-OH is 1. The average Bonchev–Trinajstić information content (AvgIpc) is 2.97. The Morgan fingerprint density at radius 1 is 1.23 bits per heavy atom. The SMILES string of the molecule is CCC[C@H](NC(=O)C(O)c1cc(F)cc(F)c1)C(=O)Nc1ncc(C)s1. The zero-order valence-corrected chi connectivity index (χ0v) is 15.1. The first-order valence-electron chi connectivity index (χ1n) is 7.98. The number of nitrogens with zero attached hydrogens (tertiary/aromatic N) is 1. The summed E-state index contributed by atoms with van der Waals surface area (Å²) < 4.78 is 26.5. The van der Waals surface area contributed by atoms with E-state index in [1.165, 1.54) is 11.3 Å². The topological polar surface area (TPSA) is 91.3 Å². The van der Waals surface area contributed by atoms with Crippen LogP contribution in [0.15, 0.2) is 24.4 Å². The lowest BCUT2D eigenvalue weighted by Crippen LogP contribution is -2.45. The standard InChI is InChI=1S/C17H19F2N3O3S/c1-3-4-13(15(24)22-17-20-8-9(2)26-17)21-16(25)14(23)10-5-11(18)7-12(19)6-10/h5-8,13-14,23H,3-4H2,1-2H3,(H,21,25)(H,20,22,24)/t13-,14?/m0/s1. The number of carbonyl (C=O) groups excluding carboxylic acids is 2. The summed E-state index contributed by atoms with van der Waals surface area (Å²) in [5.74, 6) is -3.21. The molecule has 6 nitrogen and oxygen atoms in total. The molecule has 0 aliphatic rings. The van der Waals surface area contributed by atoms with Crippen LogP contribution in [0.25, 0.3) is 0 Å². The Bertz CT molecular complexity index is 777. The van der Waals surface area contributed by atoms with E-state index in [1.54, 1.807) is 6.20 Å². The van der Waals surface area contributed by atoms with Gasteiger partial charge in [0.05, 0.1) is 0 Å². The average molecular weight is 383 g/mol. The molecule has 140 valence electrons. The Balaban J connectivity index is 2.07. The lowest BCUT2D eigenvalue weighted by Gasteiger charge is -2.19. The summed E-state index contributed by atoms with van der Waals surface area (Å²) in [5.41, 5.74) is -0.230. The van der Waals surface area contributed by atoms with Crippen LogP contribution < -0.4 is 10.6 Å². The number of hydrogen-bond donors (Lipinski definition) is 3. The second-order valence-corrected chi connectivity index (χ2v) is 6.96. The van der Waals surface area contributed by atoms with Crippen molar-refractivity contribution in [2.24, 2.45) is 0 Å². The number of carbonyl (C=O) groups is 2. The molecule has 0 saturated heterocycles. The van der Waals surface area contributed by atoms with Gasteiger partial charge in [0, 0.05) is 17.1 Å². The Morgan fingerprint density at radius 3 is 2.42 bits per heavy atom. The molecule has 0 radical (unpaired) electrons. The van der Waals surface area contributed by atoms with E-state index in [4.69, 9.17) is 0 Å². The molecule has 2 amide bonds. The molecule has 2 atom stereocenters. The maximum atomic E-state index is 13.3. The molecule has 1 aromatic carbocycles. The van der Waals surface area contributed by atoms with Gasteiger partial charge < -0.3 is 15.7 Å². The van der Waals surface area contributed by atoms with Crippen molar-refractivity contribution in [2.75, 3.05) is 5.32 Å². The summed E-state index contributed by atoms with van der Waals surface area (Å²) in [5, 5.41) is 15.5. The van der Waals surface area contributed by atoms with E-state index in [2.05, 4.69) is 15.6 Å². The lowest BCUT2D eigenvalue weighted by molar-refractivity contribution is -0.133. The zero-order valence-electron chi connectivity index (χ0n) is 14.3.